The Morgan fingerprint density at radius 1 is 1.20 bits per heavy atom. The molecule has 0 spiro atoms. The summed E-state index contributed by atoms with van der Waals surface area (Å²) in [5, 5.41) is 1.29. The second kappa shape index (κ2) is 13.1. The number of nitrogens with one attached hydrogen (secondary N) is 2. The average Bonchev–Trinajstić information content (AvgIpc) is 2.98. The number of rotatable bonds is 9. The number of carbonyl (C=O) groups excluding carboxylic acids is 2. The van der Waals surface area contributed by atoms with Crippen molar-refractivity contribution in [1.82, 2.24) is 20.3 Å². The van der Waals surface area contributed by atoms with E-state index in [0.717, 1.165) is 41.6 Å². The van der Waals surface area contributed by atoms with E-state index in [0.29, 0.717) is 38.2 Å². The molecule has 2 unspecified atom stereocenters. The van der Waals surface area contributed by atoms with Crippen molar-refractivity contribution in [2.45, 2.75) is 40.2 Å². The summed E-state index contributed by atoms with van der Waals surface area (Å²) >= 11 is 0. The van der Waals surface area contributed by atoms with Gasteiger partial charge in [0.05, 0.1) is 25.7 Å². The van der Waals surface area contributed by atoms with Crippen LogP contribution >= 0.6 is 0 Å². The summed E-state index contributed by atoms with van der Waals surface area (Å²) in [4.78, 5) is 45.4. The van der Waals surface area contributed by atoms with E-state index in [2.05, 4.69) is 41.0 Å². The number of hydrogen-bond donors (Lipinski definition) is 2. The molecule has 40 heavy (non-hydrogen) atoms. The maximum absolute atomic E-state index is 14.5. The zero-order chi connectivity index (χ0) is 28.7. The molecule has 1 aromatic heterocycles. The molecule has 8 nitrogen and oxygen atoms in total. The van der Waals surface area contributed by atoms with Crippen molar-refractivity contribution in [3.05, 3.63) is 100 Å². The normalized spacial score (nSPS) is 21.0. The molecule has 0 radical (unpaired) electrons. The minimum Gasteiger partial charge on any atom is -0.379 e. The Bertz CT molecular complexity index is 1340. The minimum atomic E-state index is -0.597. The molecular formula is C32H40N4O4. The predicted octanol–water partition coefficient (Wildman–Crippen LogP) is 3.65. The van der Waals surface area contributed by atoms with Gasteiger partial charge < -0.3 is 9.72 Å². The number of H-pyrrole nitrogens is 1. The van der Waals surface area contributed by atoms with Crippen molar-refractivity contribution in [3.63, 3.8) is 0 Å². The third-order valence-electron chi connectivity index (χ3n) is 7.80. The first-order valence-electron chi connectivity index (χ1n) is 14.0. The second-order valence-corrected chi connectivity index (χ2v) is 10.6. The number of amides is 2. The Balaban J connectivity index is 1.75. The minimum absolute atomic E-state index is 0.0523. The summed E-state index contributed by atoms with van der Waals surface area (Å²) in [5.41, 5.74) is 5.99. The largest absolute Gasteiger partial charge is 0.379 e. The van der Waals surface area contributed by atoms with Crippen LogP contribution in [0.2, 0.25) is 0 Å². The average molecular weight is 545 g/mol. The number of pyridine rings is 1. The van der Waals surface area contributed by atoms with E-state index in [1.54, 1.807) is 0 Å². The van der Waals surface area contributed by atoms with Gasteiger partial charge in [0.1, 0.15) is 0 Å². The van der Waals surface area contributed by atoms with Crippen molar-refractivity contribution >= 4 is 17.4 Å². The van der Waals surface area contributed by atoms with Crippen LogP contribution in [0.1, 0.15) is 43.2 Å². The lowest BCUT2D eigenvalue weighted by Gasteiger charge is -2.42. The highest BCUT2D eigenvalue weighted by Gasteiger charge is 2.42. The van der Waals surface area contributed by atoms with Crippen molar-refractivity contribution in [2.75, 3.05) is 32.8 Å². The Kier molecular flexibility index (Phi) is 9.55. The molecule has 0 bridgehead atoms. The molecule has 1 saturated heterocycles. The SMILES string of the molecule is C=CC(=O)NN(Cc1c(CC)cc(CC)[nH]c1=O)C(=O)C1C=C(c2ccccc2)C=CC1(C)CN1CCOCC1. The number of aryl methyl sites for hydroxylation is 2. The van der Waals surface area contributed by atoms with Crippen LogP contribution in [-0.4, -0.2) is 59.6 Å². The zero-order valence-electron chi connectivity index (χ0n) is 23.7. The van der Waals surface area contributed by atoms with Crippen molar-refractivity contribution < 1.29 is 14.3 Å². The monoisotopic (exact) mass is 544 g/mol. The molecule has 4 rings (SSSR count). The van der Waals surface area contributed by atoms with Gasteiger partial charge in [0, 0.05) is 36.3 Å². The van der Waals surface area contributed by atoms with Gasteiger partial charge in [0.25, 0.3) is 11.5 Å². The van der Waals surface area contributed by atoms with Gasteiger partial charge in [-0.25, -0.2) is 5.01 Å². The van der Waals surface area contributed by atoms with Gasteiger partial charge in [-0.2, -0.15) is 0 Å². The molecule has 2 amide bonds. The number of aromatic nitrogens is 1. The summed E-state index contributed by atoms with van der Waals surface area (Å²) in [6.45, 7) is 13.1. The molecule has 2 atom stereocenters. The molecule has 212 valence electrons. The van der Waals surface area contributed by atoms with Gasteiger partial charge >= 0.3 is 0 Å². The van der Waals surface area contributed by atoms with Crippen LogP contribution in [0.25, 0.3) is 5.57 Å². The summed E-state index contributed by atoms with van der Waals surface area (Å²) in [5.74, 6) is -1.40. The number of morpholine rings is 1. The highest BCUT2D eigenvalue weighted by molar-refractivity contribution is 5.92. The van der Waals surface area contributed by atoms with Gasteiger partial charge in [-0.1, -0.05) is 75.9 Å². The first-order valence-corrected chi connectivity index (χ1v) is 14.0. The molecule has 2 N–H and O–H groups in total. The smallest absolute Gasteiger partial charge is 0.261 e. The molecule has 0 saturated carbocycles. The van der Waals surface area contributed by atoms with Gasteiger partial charge in [-0.05, 0) is 41.7 Å². The van der Waals surface area contributed by atoms with Crippen LogP contribution in [0.15, 0.2) is 72.1 Å². The van der Waals surface area contributed by atoms with E-state index < -0.39 is 17.2 Å². The Labute approximate surface area is 236 Å². The molecule has 8 heteroatoms. The summed E-state index contributed by atoms with van der Waals surface area (Å²) in [6, 6.07) is 11.9. The number of nitrogens with zero attached hydrogens (tertiary/aromatic N) is 2. The van der Waals surface area contributed by atoms with E-state index in [1.165, 1.54) is 5.01 Å². The molecule has 2 aliphatic rings. The molecule has 1 fully saturated rings. The maximum atomic E-state index is 14.5. The maximum Gasteiger partial charge on any atom is 0.261 e. The third kappa shape index (κ3) is 6.69. The Morgan fingerprint density at radius 2 is 1.93 bits per heavy atom. The van der Waals surface area contributed by atoms with Crippen LogP contribution in [0.4, 0.5) is 0 Å². The lowest BCUT2D eigenvalue weighted by molar-refractivity contribution is -0.145. The van der Waals surface area contributed by atoms with E-state index in [1.807, 2.05) is 56.3 Å². The highest BCUT2D eigenvalue weighted by atomic mass is 16.5. The first kappa shape index (κ1) is 29.2. The fourth-order valence-electron chi connectivity index (χ4n) is 5.43. The van der Waals surface area contributed by atoms with Crippen LogP contribution in [0.5, 0.6) is 0 Å². The van der Waals surface area contributed by atoms with E-state index in [4.69, 9.17) is 4.74 Å². The van der Waals surface area contributed by atoms with Crippen molar-refractivity contribution in [2.24, 2.45) is 11.3 Å². The Hall–Kier alpha value is -3.75. The number of hydrazine groups is 1. The standard InChI is InChI=1S/C32H40N4O4/c1-5-23-19-26(6-2)33-30(38)27(23)21-36(34-29(37)7-3)31(39)28-20-25(24-11-9-8-10-12-24)13-14-32(28,4)22-35-15-17-40-18-16-35/h7-14,19-20,28H,3,5-6,15-18,21-22H2,1-2,4H3,(H,33,38)(H,34,37). The summed E-state index contributed by atoms with van der Waals surface area (Å²) in [7, 11) is 0. The fourth-order valence-corrected chi connectivity index (χ4v) is 5.43. The lowest BCUT2D eigenvalue weighted by Crippen LogP contribution is -2.53. The van der Waals surface area contributed by atoms with Crippen LogP contribution in [0, 0.1) is 11.3 Å². The van der Waals surface area contributed by atoms with Gasteiger partial charge in [0.2, 0.25) is 5.91 Å². The van der Waals surface area contributed by atoms with E-state index in [-0.39, 0.29) is 18.0 Å². The summed E-state index contributed by atoms with van der Waals surface area (Å²) in [6.07, 6.45) is 8.64. The first-order chi connectivity index (χ1) is 19.3. The number of aromatic amines is 1. The van der Waals surface area contributed by atoms with Crippen LogP contribution < -0.4 is 11.0 Å². The highest BCUT2D eigenvalue weighted by Crippen LogP contribution is 2.40. The predicted molar refractivity (Wildman–Crippen MR) is 157 cm³/mol. The molecular weight excluding hydrogens is 504 g/mol. The lowest BCUT2D eigenvalue weighted by atomic mass is 9.71. The molecule has 1 aliphatic carbocycles. The third-order valence-corrected chi connectivity index (χ3v) is 7.80. The second-order valence-electron chi connectivity index (χ2n) is 10.6. The molecule has 2 heterocycles. The quantitative estimate of drug-likeness (QED) is 0.371. The topological polar surface area (TPSA) is 94.7 Å². The van der Waals surface area contributed by atoms with Gasteiger partial charge in [-0.3, -0.25) is 24.7 Å². The fraction of sp³-hybridized carbons (Fsp3) is 0.406. The van der Waals surface area contributed by atoms with Crippen molar-refractivity contribution in [1.29, 1.82) is 0 Å². The molecule has 2 aromatic rings. The molecule has 1 aliphatic heterocycles. The van der Waals surface area contributed by atoms with E-state index >= 15 is 0 Å². The van der Waals surface area contributed by atoms with E-state index in [9.17, 15) is 14.4 Å². The number of hydrogen-bond acceptors (Lipinski definition) is 5. The van der Waals surface area contributed by atoms with Crippen LogP contribution in [-0.2, 0) is 33.7 Å². The number of ether oxygens (including phenoxy) is 1. The zero-order valence-corrected chi connectivity index (χ0v) is 23.7. The number of benzene rings is 1. The van der Waals surface area contributed by atoms with Crippen molar-refractivity contribution in [3.8, 4) is 0 Å². The number of carbonyl (C=O) groups is 2. The Morgan fingerprint density at radius 3 is 2.58 bits per heavy atom. The number of allylic oxidation sites excluding steroid dienone is 2. The van der Waals surface area contributed by atoms with Gasteiger partial charge in [-0.15, -0.1) is 0 Å². The van der Waals surface area contributed by atoms with Crippen LogP contribution in [0.3, 0.4) is 0 Å². The summed E-state index contributed by atoms with van der Waals surface area (Å²) < 4.78 is 5.54. The van der Waals surface area contributed by atoms with Gasteiger partial charge in [0.15, 0.2) is 0 Å². The molecule has 1 aromatic carbocycles.